The highest BCUT2D eigenvalue weighted by Gasteiger charge is 2.10. The largest absolute Gasteiger partial charge is 0.493 e. The van der Waals surface area contributed by atoms with Crippen molar-refractivity contribution in [3.05, 3.63) is 58.5 Å². The number of carbonyl (C=O) groups is 1. The Morgan fingerprint density at radius 1 is 1.32 bits per heavy atom. The Labute approximate surface area is 141 Å². The molecule has 1 heterocycles. The molecule has 0 fully saturated rings. The van der Waals surface area contributed by atoms with Crippen LogP contribution in [-0.4, -0.2) is 30.4 Å². The number of nitrogens with one attached hydrogen (secondary N) is 1. The average Bonchev–Trinajstić information content (AvgIpc) is 2.57. The van der Waals surface area contributed by atoms with Crippen LogP contribution in [0.2, 0.25) is 0 Å². The van der Waals surface area contributed by atoms with E-state index in [0.29, 0.717) is 5.56 Å². The highest BCUT2D eigenvalue weighted by molar-refractivity contribution is 5.83. The molecule has 0 radical (unpaired) electrons. The molecular formula is C16H15F2N3O4. The predicted molar refractivity (Wildman–Crippen MR) is 86.1 cm³/mol. The van der Waals surface area contributed by atoms with E-state index in [-0.39, 0.29) is 23.6 Å². The third kappa shape index (κ3) is 5.41. The lowest BCUT2D eigenvalue weighted by Gasteiger charge is -2.10. The summed E-state index contributed by atoms with van der Waals surface area (Å²) in [5, 5.41) is 3.72. The highest BCUT2D eigenvalue weighted by Crippen LogP contribution is 2.28. The first kappa shape index (κ1) is 18.1. The number of hydrazone groups is 1. The Morgan fingerprint density at radius 2 is 2.12 bits per heavy atom. The van der Waals surface area contributed by atoms with Crippen molar-refractivity contribution >= 4 is 12.1 Å². The molecule has 9 heteroatoms. The van der Waals surface area contributed by atoms with E-state index in [1.165, 1.54) is 42.3 Å². The Morgan fingerprint density at radius 3 is 2.80 bits per heavy atom. The molecule has 0 saturated heterocycles. The van der Waals surface area contributed by atoms with Gasteiger partial charge in [0.2, 0.25) is 0 Å². The molecule has 0 aliphatic heterocycles. The van der Waals surface area contributed by atoms with Gasteiger partial charge < -0.3 is 14.0 Å². The van der Waals surface area contributed by atoms with Crippen molar-refractivity contribution in [2.75, 3.05) is 7.11 Å². The minimum absolute atomic E-state index is 0.143. The molecule has 1 amide bonds. The van der Waals surface area contributed by atoms with Crippen LogP contribution in [0.25, 0.3) is 0 Å². The van der Waals surface area contributed by atoms with Crippen molar-refractivity contribution in [3.8, 4) is 11.5 Å². The number of nitrogens with zero attached hydrogens (tertiary/aromatic N) is 2. The third-order valence-electron chi connectivity index (χ3n) is 3.02. The summed E-state index contributed by atoms with van der Waals surface area (Å²) in [4.78, 5) is 23.2. The maximum absolute atomic E-state index is 12.4. The van der Waals surface area contributed by atoms with Gasteiger partial charge in [0.15, 0.2) is 11.5 Å². The second kappa shape index (κ2) is 8.57. The number of rotatable bonds is 7. The monoisotopic (exact) mass is 351 g/mol. The molecule has 0 aliphatic carbocycles. The van der Waals surface area contributed by atoms with Gasteiger partial charge in [-0.15, -0.1) is 0 Å². The zero-order chi connectivity index (χ0) is 18.2. The number of ether oxygens (including phenoxy) is 2. The van der Waals surface area contributed by atoms with Crippen molar-refractivity contribution in [1.29, 1.82) is 0 Å². The minimum atomic E-state index is -3.00. The van der Waals surface area contributed by atoms with Crippen LogP contribution in [0.5, 0.6) is 11.5 Å². The molecule has 0 bridgehead atoms. The van der Waals surface area contributed by atoms with E-state index in [2.05, 4.69) is 15.3 Å². The second-order valence-electron chi connectivity index (χ2n) is 4.75. The molecule has 1 N–H and O–H groups in total. The van der Waals surface area contributed by atoms with E-state index in [4.69, 9.17) is 4.74 Å². The summed E-state index contributed by atoms with van der Waals surface area (Å²) in [6, 6.07) is 8.80. The fourth-order valence-corrected chi connectivity index (χ4v) is 1.92. The number of aromatic nitrogens is 1. The SMILES string of the molecule is COc1ccc(/C=N\NC(=O)Cn2ccccc2=O)cc1OC(F)F. The van der Waals surface area contributed by atoms with E-state index >= 15 is 0 Å². The molecule has 0 atom stereocenters. The van der Waals surface area contributed by atoms with Crippen LogP contribution < -0.4 is 20.5 Å². The molecule has 0 unspecified atom stereocenters. The number of carbonyl (C=O) groups excluding carboxylic acids is 1. The van der Waals surface area contributed by atoms with Gasteiger partial charge in [-0.05, 0) is 29.8 Å². The van der Waals surface area contributed by atoms with Crippen LogP contribution in [0.15, 0.2) is 52.5 Å². The molecular weight excluding hydrogens is 336 g/mol. The lowest BCUT2D eigenvalue weighted by Crippen LogP contribution is -2.28. The first-order valence-electron chi connectivity index (χ1n) is 7.10. The summed E-state index contributed by atoms with van der Waals surface area (Å²) in [5.41, 5.74) is 2.34. The fraction of sp³-hybridized carbons (Fsp3) is 0.188. The van der Waals surface area contributed by atoms with Gasteiger partial charge >= 0.3 is 6.61 Å². The highest BCUT2D eigenvalue weighted by atomic mass is 19.3. The van der Waals surface area contributed by atoms with Gasteiger partial charge in [0, 0.05) is 12.3 Å². The van der Waals surface area contributed by atoms with Crippen LogP contribution in [0, 0.1) is 0 Å². The molecule has 2 rings (SSSR count). The van der Waals surface area contributed by atoms with Gasteiger partial charge in [0.25, 0.3) is 11.5 Å². The van der Waals surface area contributed by atoms with E-state index in [9.17, 15) is 18.4 Å². The topological polar surface area (TPSA) is 81.9 Å². The van der Waals surface area contributed by atoms with Gasteiger partial charge in [0.1, 0.15) is 6.54 Å². The number of methoxy groups -OCH3 is 1. The van der Waals surface area contributed by atoms with Gasteiger partial charge in [0.05, 0.1) is 13.3 Å². The normalized spacial score (nSPS) is 10.9. The summed E-state index contributed by atoms with van der Waals surface area (Å²) < 4.78 is 35.2. The van der Waals surface area contributed by atoms with Crippen molar-refractivity contribution in [2.24, 2.45) is 5.10 Å². The number of pyridine rings is 1. The summed E-state index contributed by atoms with van der Waals surface area (Å²) in [6.07, 6.45) is 2.73. The molecule has 0 saturated carbocycles. The molecule has 25 heavy (non-hydrogen) atoms. The van der Waals surface area contributed by atoms with Gasteiger partial charge in [-0.25, -0.2) is 5.43 Å². The zero-order valence-electron chi connectivity index (χ0n) is 13.2. The molecule has 2 aromatic rings. The van der Waals surface area contributed by atoms with E-state index in [1.54, 1.807) is 18.2 Å². The van der Waals surface area contributed by atoms with Crippen LogP contribution in [0.1, 0.15) is 5.56 Å². The summed E-state index contributed by atoms with van der Waals surface area (Å²) in [5.74, 6) is -0.518. The minimum Gasteiger partial charge on any atom is -0.493 e. The third-order valence-corrected chi connectivity index (χ3v) is 3.02. The Bertz CT molecular complexity index is 821. The number of alkyl halides is 2. The van der Waals surface area contributed by atoms with Crippen molar-refractivity contribution in [1.82, 2.24) is 9.99 Å². The first-order valence-corrected chi connectivity index (χ1v) is 7.10. The van der Waals surface area contributed by atoms with Crippen molar-refractivity contribution < 1.29 is 23.0 Å². The molecule has 0 spiro atoms. The second-order valence-corrected chi connectivity index (χ2v) is 4.75. The smallest absolute Gasteiger partial charge is 0.387 e. The van der Waals surface area contributed by atoms with Gasteiger partial charge in [-0.1, -0.05) is 6.07 Å². The zero-order valence-corrected chi connectivity index (χ0v) is 13.2. The molecule has 1 aromatic carbocycles. The van der Waals surface area contributed by atoms with E-state index in [0.717, 1.165) is 0 Å². The van der Waals surface area contributed by atoms with Crippen molar-refractivity contribution in [2.45, 2.75) is 13.2 Å². The van der Waals surface area contributed by atoms with Gasteiger partial charge in [-0.3, -0.25) is 9.59 Å². The molecule has 7 nitrogen and oxygen atoms in total. The molecule has 132 valence electrons. The first-order chi connectivity index (χ1) is 12.0. The Balaban J connectivity index is 2.00. The van der Waals surface area contributed by atoms with Crippen LogP contribution in [0.4, 0.5) is 8.78 Å². The average molecular weight is 351 g/mol. The van der Waals surface area contributed by atoms with Crippen LogP contribution in [0.3, 0.4) is 0 Å². The number of halogens is 2. The number of hydrogen-bond acceptors (Lipinski definition) is 5. The Hall–Kier alpha value is -3.23. The fourth-order valence-electron chi connectivity index (χ4n) is 1.92. The lowest BCUT2D eigenvalue weighted by atomic mass is 10.2. The standard InChI is InChI=1S/C16H15F2N3O4/c1-24-12-6-5-11(8-13(12)25-16(17)18)9-19-20-14(22)10-21-7-3-2-4-15(21)23/h2-9,16H,10H2,1H3,(H,20,22)/b19-9-. The maximum atomic E-state index is 12.4. The summed E-state index contributed by atoms with van der Waals surface area (Å²) in [7, 11) is 1.33. The van der Waals surface area contributed by atoms with E-state index < -0.39 is 12.5 Å². The van der Waals surface area contributed by atoms with Gasteiger partial charge in [-0.2, -0.15) is 13.9 Å². The number of benzene rings is 1. The lowest BCUT2D eigenvalue weighted by molar-refractivity contribution is -0.121. The number of hydrogen-bond donors (Lipinski definition) is 1. The Kier molecular flexibility index (Phi) is 6.21. The van der Waals surface area contributed by atoms with Crippen molar-refractivity contribution in [3.63, 3.8) is 0 Å². The molecule has 1 aromatic heterocycles. The summed E-state index contributed by atoms with van der Waals surface area (Å²) >= 11 is 0. The van der Waals surface area contributed by atoms with Crippen LogP contribution in [-0.2, 0) is 11.3 Å². The summed E-state index contributed by atoms with van der Waals surface area (Å²) in [6.45, 7) is -3.19. The molecule has 0 aliphatic rings. The van der Waals surface area contributed by atoms with E-state index in [1.807, 2.05) is 0 Å². The number of amides is 1. The maximum Gasteiger partial charge on any atom is 0.387 e. The predicted octanol–water partition coefficient (Wildman–Crippen LogP) is 1.61. The quantitative estimate of drug-likeness (QED) is 0.607. The van der Waals surface area contributed by atoms with Crippen LogP contribution >= 0.6 is 0 Å².